The van der Waals surface area contributed by atoms with Crippen LogP contribution >= 0.6 is 11.3 Å². The minimum Gasteiger partial charge on any atom is -0.497 e. The first-order valence-corrected chi connectivity index (χ1v) is 11.2. The monoisotopic (exact) mass is 452 g/mol. The Balaban J connectivity index is 1.64. The van der Waals surface area contributed by atoms with E-state index in [1.54, 1.807) is 36.6 Å². The van der Waals surface area contributed by atoms with Gasteiger partial charge in [0.25, 0.3) is 5.91 Å². The molecule has 0 radical (unpaired) electrons. The molecule has 0 saturated heterocycles. The van der Waals surface area contributed by atoms with E-state index in [1.165, 1.54) is 12.0 Å². The van der Waals surface area contributed by atoms with Crippen LogP contribution in [0.1, 0.15) is 28.7 Å². The van der Waals surface area contributed by atoms with Gasteiger partial charge in [0, 0.05) is 17.0 Å². The van der Waals surface area contributed by atoms with E-state index < -0.39 is 0 Å². The number of rotatable bonds is 8. The fourth-order valence-electron chi connectivity index (χ4n) is 3.56. The summed E-state index contributed by atoms with van der Waals surface area (Å²) >= 11 is 1.62. The Bertz CT molecular complexity index is 1160. The third kappa shape index (κ3) is 4.31. The van der Waals surface area contributed by atoms with Crippen LogP contribution in [0.2, 0.25) is 0 Å². The molecular weight excluding hydrogens is 428 g/mol. The molecule has 1 aliphatic rings. The number of carbonyl (C=O) groups is 2. The van der Waals surface area contributed by atoms with Gasteiger partial charge >= 0.3 is 0 Å². The number of benzene rings is 2. The fourth-order valence-corrected chi connectivity index (χ4v) is 4.47. The standard InChI is InChI=1S/C24H24N2O5S/c1-4-5-23-25-18(14-32-23)15-6-9-21-19(10-15)26(24(28)13-31-21)12-20(27)17-8-7-16(29-2)11-22(17)30-3/h6-11,14H,4-5,12-13H2,1-3H3. The zero-order chi connectivity index (χ0) is 22.7. The number of aryl methyl sites for hydroxylation is 1. The number of hydrogen-bond acceptors (Lipinski definition) is 7. The highest BCUT2D eigenvalue weighted by atomic mass is 32.1. The number of thiazole rings is 1. The van der Waals surface area contributed by atoms with Gasteiger partial charge in [-0.15, -0.1) is 11.3 Å². The molecule has 1 amide bonds. The van der Waals surface area contributed by atoms with Crippen molar-refractivity contribution in [3.8, 4) is 28.5 Å². The SMILES string of the molecule is CCCc1nc(-c2ccc3c(c2)N(CC(=O)c2ccc(OC)cc2OC)C(=O)CO3)cs1. The summed E-state index contributed by atoms with van der Waals surface area (Å²) in [5, 5.41) is 3.09. The smallest absolute Gasteiger partial charge is 0.265 e. The highest BCUT2D eigenvalue weighted by Gasteiger charge is 2.29. The van der Waals surface area contributed by atoms with Crippen LogP contribution in [0.5, 0.6) is 17.2 Å². The summed E-state index contributed by atoms with van der Waals surface area (Å²) in [6.07, 6.45) is 1.96. The molecule has 0 atom stereocenters. The second kappa shape index (κ2) is 9.40. The number of methoxy groups -OCH3 is 2. The fraction of sp³-hybridized carbons (Fsp3) is 0.292. The Labute approximate surface area is 190 Å². The summed E-state index contributed by atoms with van der Waals surface area (Å²) in [4.78, 5) is 32.0. The molecular formula is C24H24N2O5S. The quantitative estimate of drug-likeness (QED) is 0.472. The van der Waals surface area contributed by atoms with Gasteiger partial charge < -0.3 is 14.2 Å². The van der Waals surface area contributed by atoms with Crippen LogP contribution in [0.3, 0.4) is 0 Å². The predicted octanol–water partition coefficient (Wildman–Crippen LogP) is 4.39. The second-order valence-electron chi connectivity index (χ2n) is 7.32. The molecule has 0 unspecified atom stereocenters. The van der Waals surface area contributed by atoms with Gasteiger partial charge in [0.1, 0.15) is 17.2 Å². The Morgan fingerprint density at radius 1 is 1.19 bits per heavy atom. The van der Waals surface area contributed by atoms with Crippen LogP contribution < -0.4 is 19.1 Å². The number of ether oxygens (including phenoxy) is 3. The summed E-state index contributed by atoms with van der Waals surface area (Å²) in [5.74, 6) is 1.03. The molecule has 7 nitrogen and oxygen atoms in total. The number of fused-ring (bicyclic) bond motifs is 1. The van der Waals surface area contributed by atoms with Crippen molar-refractivity contribution in [1.82, 2.24) is 4.98 Å². The number of anilines is 1. The molecule has 2 aromatic carbocycles. The van der Waals surface area contributed by atoms with Gasteiger partial charge in [-0.1, -0.05) is 6.92 Å². The number of amides is 1. The average Bonchev–Trinajstić information content (AvgIpc) is 3.29. The van der Waals surface area contributed by atoms with Crippen molar-refractivity contribution in [2.45, 2.75) is 19.8 Å². The molecule has 32 heavy (non-hydrogen) atoms. The summed E-state index contributed by atoms with van der Waals surface area (Å²) in [7, 11) is 3.04. The Kier molecular flexibility index (Phi) is 6.41. The van der Waals surface area contributed by atoms with Crippen molar-refractivity contribution in [2.75, 3.05) is 32.3 Å². The zero-order valence-electron chi connectivity index (χ0n) is 18.2. The van der Waals surface area contributed by atoms with Gasteiger partial charge in [0.05, 0.1) is 42.7 Å². The molecule has 3 aromatic rings. The van der Waals surface area contributed by atoms with E-state index in [4.69, 9.17) is 14.2 Å². The minimum atomic E-state index is -0.277. The van der Waals surface area contributed by atoms with Crippen LogP contribution in [-0.4, -0.2) is 44.0 Å². The van der Waals surface area contributed by atoms with E-state index in [-0.39, 0.29) is 24.8 Å². The van der Waals surface area contributed by atoms with Gasteiger partial charge in [0.2, 0.25) is 0 Å². The summed E-state index contributed by atoms with van der Waals surface area (Å²) in [5.41, 5.74) is 2.67. The topological polar surface area (TPSA) is 78.0 Å². The number of carbonyl (C=O) groups excluding carboxylic acids is 2. The first-order valence-electron chi connectivity index (χ1n) is 10.3. The van der Waals surface area contributed by atoms with Crippen molar-refractivity contribution in [3.05, 3.63) is 52.3 Å². The lowest BCUT2D eigenvalue weighted by Gasteiger charge is -2.29. The second-order valence-corrected chi connectivity index (χ2v) is 8.26. The van der Waals surface area contributed by atoms with Crippen molar-refractivity contribution >= 4 is 28.7 Å². The van der Waals surface area contributed by atoms with Gasteiger partial charge in [-0.3, -0.25) is 14.5 Å². The van der Waals surface area contributed by atoms with Gasteiger partial charge in [0.15, 0.2) is 12.4 Å². The highest BCUT2D eigenvalue weighted by molar-refractivity contribution is 7.09. The van der Waals surface area contributed by atoms with Crippen LogP contribution in [0.25, 0.3) is 11.3 Å². The number of nitrogens with zero attached hydrogens (tertiary/aromatic N) is 2. The number of hydrogen-bond donors (Lipinski definition) is 0. The van der Waals surface area contributed by atoms with Crippen molar-refractivity contribution in [1.29, 1.82) is 0 Å². The molecule has 166 valence electrons. The van der Waals surface area contributed by atoms with Crippen molar-refractivity contribution < 1.29 is 23.8 Å². The zero-order valence-corrected chi connectivity index (χ0v) is 19.0. The molecule has 0 fully saturated rings. The maximum Gasteiger partial charge on any atom is 0.265 e. The molecule has 1 aliphatic heterocycles. The van der Waals surface area contributed by atoms with E-state index in [0.717, 1.165) is 29.1 Å². The van der Waals surface area contributed by atoms with E-state index >= 15 is 0 Å². The maximum atomic E-state index is 13.1. The van der Waals surface area contributed by atoms with Crippen LogP contribution in [0.4, 0.5) is 5.69 Å². The summed E-state index contributed by atoms with van der Waals surface area (Å²) in [6.45, 7) is 1.88. The van der Waals surface area contributed by atoms with Crippen LogP contribution in [-0.2, 0) is 11.2 Å². The molecule has 4 rings (SSSR count). The van der Waals surface area contributed by atoms with Crippen LogP contribution in [0.15, 0.2) is 41.8 Å². The number of aromatic nitrogens is 1. The molecule has 1 aromatic heterocycles. The molecule has 2 heterocycles. The molecule has 0 spiro atoms. The maximum absolute atomic E-state index is 13.1. The normalized spacial score (nSPS) is 12.8. The third-order valence-electron chi connectivity index (χ3n) is 5.22. The molecule has 0 N–H and O–H groups in total. The van der Waals surface area contributed by atoms with Crippen molar-refractivity contribution in [3.63, 3.8) is 0 Å². The van der Waals surface area contributed by atoms with Gasteiger partial charge in [-0.2, -0.15) is 0 Å². The average molecular weight is 453 g/mol. The Morgan fingerprint density at radius 3 is 2.78 bits per heavy atom. The summed E-state index contributed by atoms with van der Waals surface area (Å²) < 4.78 is 16.2. The Morgan fingerprint density at radius 2 is 2.03 bits per heavy atom. The highest BCUT2D eigenvalue weighted by Crippen LogP contribution is 2.37. The Hall–Kier alpha value is -3.39. The third-order valence-corrected chi connectivity index (χ3v) is 6.13. The molecule has 0 aliphatic carbocycles. The molecule has 0 saturated carbocycles. The summed E-state index contributed by atoms with van der Waals surface area (Å²) in [6, 6.07) is 10.6. The predicted molar refractivity (Wildman–Crippen MR) is 123 cm³/mol. The lowest BCUT2D eigenvalue weighted by atomic mass is 10.1. The molecule has 8 heteroatoms. The first-order chi connectivity index (χ1) is 15.5. The van der Waals surface area contributed by atoms with Gasteiger partial charge in [-0.25, -0.2) is 4.98 Å². The van der Waals surface area contributed by atoms with E-state index in [0.29, 0.717) is 28.5 Å². The lowest BCUT2D eigenvalue weighted by Crippen LogP contribution is -2.42. The number of ketones is 1. The number of Topliss-reactive ketones (excluding diaryl/α,β-unsaturated/α-hetero) is 1. The van der Waals surface area contributed by atoms with Crippen molar-refractivity contribution in [2.24, 2.45) is 0 Å². The van der Waals surface area contributed by atoms with Crippen LogP contribution in [0, 0.1) is 0 Å². The first kappa shape index (κ1) is 21.8. The van der Waals surface area contributed by atoms with Gasteiger partial charge in [-0.05, 0) is 43.2 Å². The lowest BCUT2D eigenvalue weighted by molar-refractivity contribution is -0.121. The van der Waals surface area contributed by atoms with E-state index in [1.807, 2.05) is 23.6 Å². The largest absolute Gasteiger partial charge is 0.497 e. The van der Waals surface area contributed by atoms with E-state index in [2.05, 4.69) is 11.9 Å². The van der Waals surface area contributed by atoms with E-state index in [9.17, 15) is 9.59 Å². The minimum absolute atomic E-state index is 0.114. The molecule has 0 bridgehead atoms.